The first-order valence-electron chi connectivity index (χ1n) is 5.59. The molecule has 1 aliphatic heterocycles. The zero-order valence-electron chi connectivity index (χ0n) is 10.1. The fourth-order valence-corrected chi connectivity index (χ4v) is 1.83. The first-order chi connectivity index (χ1) is 7.48. The van der Waals surface area contributed by atoms with E-state index in [9.17, 15) is 0 Å². The van der Waals surface area contributed by atoms with Crippen molar-refractivity contribution in [2.24, 2.45) is 5.73 Å². The van der Waals surface area contributed by atoms with Crippen molar-refractivity contribution in [1.82, 2.24) is 0 Å². The van der Waals surface area contributed by atoms with Crippen LogP contribution in [0.2, 0.25) is 0 Å². The molecule has 3 nitrogen and oxygen atoms in total. The van der Waals surface area contributed by atoms with Crippen LogP contribution in [0, 0.1) is 0 Å². The summed E-state index contributed by atoms with van der Waals surface area (Å²) in [6.45, 7) is 6.48. The maximum absolute atomic E-state index is 5.95. The van der Waals surface area contributed by atoms with E-state index < -0.39 is 5.60 Å². The monoisotopic (exact) mass is 219 g/mol. The third-order valence-electron chi connectivity index (χ3n) is 3.50. The average Bonchev–Trinajstić information content (AvgIpc) is 2.52. The van der Waals surface area contributed by atoms with Crippen LogP contribution in [0.3, 0.4) is 0 Å². The third kappa shape index (κ3) is 1.77. The van der Waals surface area contributed by atoms with E-state index in [1.54, 1.807) is 0 Å². The highest BCUT2D eigenvalue weighted by Gasteiger charge is 2.53. The Morgan fingerprint density at radius 3 is 2.25 bits per heavy atom. The highest BCUT2D eigenvalue weighted by molar-refractivity contribution is 6.62. The van der Waals surface area contributed by atoms with Gasteiger partial charge in [-0.15, -0.1) is 0 Å². The lowest BCUT2D eigenvalue weighted by atomic mass is 9.79. The van der Waals surface area contributed by atoms with Crippen molar-refractivity contribution >= 4 is 12.6 Å². The van der Waals surface area contributed by atoms with Crippen molar-refractivity contribution in [1.29, 1.82) is 0 Å². The van der Waals surface area contributed by atoms with Crippen molar-refractivity contribution in [3.63, 3.8) is 0 Å². The van der Waals surface area contributed by atoms with Gasteiger partial charge in [-0.2, -0.15) is 0 Å². The molecule has 0 amide bonds. The van der Waals surface area contributed by atoms with E-state index in [-0.39, 0.29) is 12.7 Å². The molecule has 1 heterocycles. The van der Waals surface area contributed by atoms with Gasteiger partial charge < -0.3 is 15.0 Å². The summed E-state index contributed by atoms with van der Waals surface area (Å²) in [4.78, 5) is 0. The molecule has 1 fully saturated rings. The molecule has 86 valence electrons. The van der Waals surface area contributed by atoms with Crippen LogP contribution in [0.4, 0.5) is 0 Å². The van der Waals surface area contributed by atoms with E-state index in [2.05, 4.69) is 0 Å². The number of hydrogen-bond acceptors (Lipinski definition) is 3. The average molecular weight is 219 g/mol. The molecule has 0 radical (unpaired) electrons. The molecule has 2 rings (SSSR count). The molecule has 1 aromatic carbocycles. The fourth-order valence-electron chi connectivity index (χ4n) is 1.83. The zero-order valence-corrected chi connectivity index (χ0v) is 10.1. The normalized spacial score (nSPS) is 28.4. The van der Waals surface area contributed by atoms with Gasteiger partial charge in [0.1, 0.15) is 0 Å². The molecule has 16 heavy (non-hydrogen) atoms. The summed E-state index contributed by atoms with van der Waals surface area (Å²) in [5.74, 6) is 0. The molecule has 0 bridgehead atoms. The summed E-state index contributed by atoms with van der Waals surface area (Å²) < 4.78 is 11.9. The van der Waals surface area contributed by atoms with Crippen molar-refractivity contribution in [2.75, 3.05) is 6.54 Å². The number of benzene rings is 1. The number of rotatable bonds is 2. The minimum Gasteiger partial charge on any atom is -0.399 e. The lowest BCUT2D eigenvalue weighted by Gasteiger charge is -2.35. The molecular weight excluding hydrogens is 201 g/mol. The first kappa shape index (κ1) is 11.6. The summed E-state index contributed by atoms with van der Waals surface area (Å²) in [6.07, 6.45) is 0. The van der Waals surface area contributed by atoms with Gasteiger partial charge in [0.05, 0.1) is 11.2 Å². The zero-order chi connectivity index (χ0) is 11.8. The molecule has 4 heteroatoms. The van der Waals surface area contributed by atoms with E-state index in [1.165, 1.54) is 0 Å². The minimum atomic E-state index is -0.437. The summed E-state index contributed by atoms with van der Waals surface area (Å²) >= 11 is 0. The van der Waals surface area contributed by atoms with Crippen LogP contribution in [0.1, 0.15) is 20.8 Å². The van der Waals surface area contributed by atoms with Gasteiger partial charge in [-0.05, 0) is 26.2 Å². The first-order valence-corrected chi connectivity index (χ1v) is 5.59. The molecule has 1 saturated heterocycles. The molecule has 0 spiro atoms. The van der Waals surface area contributed by atoms with E-state index in [1.807, 2.05) is 51.1 Å². The Hall–Kier alpha value is -0.835. The predicted molar refractivity (Wildman–Crippen MR) is 65.5 cm³/mol. The van der Waals surface area contributed by atoms with E-state index >= 15 is 0 Å². The molecular formula is C12H18BNO2. The molecule has 1 aromatic rings. The Kier molecular flexibility index (Phi) is 2.82. The predicted octanol–water partition coefficient (Wildman–Crippen LogP) is 0.925. The second-order valence-electron chi connectivity index (χ2n) is 4.92. The molecule has 1 unspecified atom stereocenters. The van der Waals surface area contributed by atoms with Crippen molar-refractivity contribution in [3.05, 3.63) is 30.3 Å². The van der Waals surface area contributed by atoms with Crippen molar-refractivity contribution < 1.29 is 9.31 Å². The number of hydrogen-bond donors (Lipinski definition) is 1. The SMILES string of the molecule is CC1(C)OB(c2ccccc2)OC1(C)CN. The standard InChI is InChI=1S/C12H18BNO2/c1-11(2)12(3,9-14)16-13(15-11)10-7-5-4-6-8-10/h4-8H,9,14H2,1-3H3. The second kappa shape index (κ2) is 3.88. The van der Waals surface area contributed by atoms with Crippen molar-refractivity contribution in [2.45, 2.75) is 32.0 Å². The van der Waals surface area contributed by atoms with E-state index in [0.717, 1.165) is 5.46 Å². The van der Waals surface area contributed by atoms with Crippen LogP contribution in [-0.4, -0.2) is 24.9 Å². The lowest BCUT2D eigenvalue weighted by Crippen LogP contribution is -2.50. The van der Waals surface area contributed by atoms with Gasteiger partial charge in [-0.3, -0.25) is 0 Å². The van der Waals surface area contributed by atoms with Gasteiger partial charge >= 0.3 is 7.12 Å². The second-order valence-corrected chi connectivity index (χ2v) is 4.92. The smallest absolute Gasteiger partial charge is 0.399 e. The number of nitrogens with two attached hydrogens (primary N) is 1. The van der Waals surface area contributed by atoms with E-state index in [4.69, 9.17) is 15.0 Å². The fraction of sp³-hybridized carbons (Fsp3) is 0.500. The molecule has 1 atom stereocenters. The Morgan fingerprint density at radius 1 is 1.12 bits per heavy atom. The molecule has 2 N–H and O–H groups in total. The van der Waals surface area contributed by atoms with Crippen LogP contribution >= 0.6 is 0 Å². The lowest BCUT2D eigenvalue weighted by molar-refractivity contribution is -0.00187. The van der Waals surface area contributed by atoms with Crippen LogP contribution in [0.5, 0.6) is 0 Å². The van der Waals surface area contributed by atoms with Crippen LogP contribution in [0.25, 0.3) is 0 Å². The summed E-state index contributed by atoms with van der Waals surface area (Å²) in [5, 5.41) is 0. The molecule has 0 saturated carbocycles. The van der Waals surface area contributed by atoms with Crippen LogP contribution in [-0.2, 0) is 9.31 Å². The summed E-state index contributed by atoms with van der Waals surface area (Å²) in [7, 11) is -0.315. The van der Waals surface area contributed by atoms with Crippen molar-refractivity contribution in [3.8, 4) is 0 Å². The van der Waals surface area contributed by atoms with Gasteiger partial charge in [0.25, 0.3) is 0 Å². The van der Waals surface area contributed by atoms with Crippen LogP contribution < -0.4 is 11.2 Å². The third-order valence-corrected chi connectivity index (χ3v) is 3.50. The van der Waals surface area contributed by atoms with Gasteiger partial charge in [-0.1, -0.05) is 30.3 Å². The van der Waals surface area contributed by atoms with Crippen LogP contribution in [0.15, 0.2) is 30.3 Å². The summed E-state index contributed by atoms with van der Waals surface area (Å²) in [5.41, 5.74) is 6.00. The summed E-state index contributed by atoms with van der Waals surface area (Å²) in [6, 6.07) is 9.94. The maximum Gasteiger partial charge on any atom is 0.494 e. The maximum atomic E-state index is 5.95. The molecule has 1 aliphatic rings. The quantitative estimate of drug-likeness (QED) is 0.752. The van der Waals surface area contributed by atoms with E-state index in [0.29, 0.717) is 6.54 Å². The Bertz CT molecular complexity index is 369. The molecule has 0 aliphatic carbocycles. The topological polar surface area (TPSA) is 44.5 Å². The van der Waals surface area contributed by atoms with Gasteiger partial charge in [0.15, 0.2) is 0 Å². The largest absolute Gasteiger partial charge is 0.494 e. The Labute approximate surface area is 97.1 Å². The highest BCUT2D eigenvalue weighted by Crippen LogP contribution is 2.36. The van der Waals surface area contributed by atoms with Gasteiger partial charge in [0.2, 0.25) is 0 Å². The Balaban J connectivity index is 2.25. The Morgan fingerprint density at radius 2 is 1.75 bits per heavy atom. The van der Waals surface area contributed by atoms with Gasteiger partial charge in [-0.25, -0.2) is 0 Å². The minimum absolute atomic E-state index is 0.315. The van der Waals surface area contributed by atoms with Gasteiger partial charge in [0, 0.05) is 6.54 Å². The molecule has 0 aromatic heterocycles. The highest BCUT2D eigenvalue weighted by atomic mass is 16.7.